The second kappa shape index (κ2) is 5.46. The molecule has 0 fully saturated rings. The summed E-state index contributed by atoms with van der Waals surface area (Å²) >= 11 is 5.41. The molecule has 0 bridgehead atoms. The summed E-state index contributed by atoms with van der Waals surface area (Å²) in [6.45, 7) is 1.45. The number of hydrogen-bond donors (Lipinski definition) is 0. The van der Waals surface area contributed by atoms with Crippen molar-refractivity contribution < 1.29 is 4.79 Å². The van der Waals surface area contributed by atoms with Crippen LogP contribution in [0.25, 0.3) is 17.1 Å². The Labute approximate surface area is 127 Å². The van der Waals surface area contributed by atoms with Crippen LogP contribution in [0.15, 0.2) is 60.7 Å². The molecule has 0 aliphatic rings. The number of rotatable bonds is 2. The lowest BCUT2D eigenvalue weighted by Gasteiger charge is -2.06. The molecule has 3 rings (SSSR count). The lowest BCUT2D eigenvalue weighted by molar-refractivity contribution is 0.0919. The largest absolute Gasteiger partial charge is 0.273 e. The highest BCUT2D eigenvalue weighted by molar-refractivity contribution is 7.71. The Balaban J connectivity index is 2.32. The molecule has 0 aliphatic carbocycles. The van der Waals surface area contributed by atoms with Crippen molar-refractivity contribution in [1.29, 1.82) is 0 Å². The molecule has 1 aromatic heterocycles. The van der Waals surface area contributed by atoms with Gasteiger partial charge in [-0.05, 0) is 24.4 Å². The quantitative estimate of drug-likeness (QED) is 0.676. The lowest BCUT2D eigenvalue weighted by atomic mass is 10.2. The first-order valence-electron chi connectivity index (χ1n) is 6.52. The molecule has 5 heteroatoms. The Morgan fingerprint density at radius 1 is 1.00 bits per heavy atom. The highest BCUT2D eigenvalue weighted by Crippen LogP contribution is 2.22. The van der Waals surface area contributed by atoms with Crippen molar-refractivity contribution in [2.45, 2.75) is 6.92 Å². The van der Waals surface area contributed by atoms with Crippen molar-refractivity contribution >= 4 is 18.1 Å². The lowest BCUT2D eigenvalue weighted by Crippen LogP contribution is -2.08. The summed E-state index contributed by atoms with van der Waals surface area (Å²) in [6, 6.07) is 19.4. The number of hydrogen-bond acceptors (Lipinski definition) is 3. The van der Waals surface area contributed by atoms with E-state index in [2.05, 4.69) is 5.10 Å². The molecule has 0 saturated carbocycles. The van der Waals surface area contributed by atoms with E-state index < -0.39 is 0 Å². The van der Waals surface area contributed by atoms with Gasteiger partial charge in [0.2, 0.25) is 10.7 Å². The summed E-state index contributed by atoms with van der Waals surface area (Å²) in [6.07, 6.45) is 0. The average molecular weight is 295 g/mol. The maximum Gasteiger partial charge on any atom is 0.246 e. The van der Waals surface area contributed by atoms with Crippen molar-refractivity contribution in [3.63, 3.8) is 0 Å². The minimum Gasteiger partial charge on any atom is -0.273 e. The fraction of sp³-hybridized carbons (Fsp3) is 0.0625. The smallest absolute Gasteiger partial charge is 0.246 e. The van der Waals surface area contributed by atoms with E-state index in [-0.39, 0.29) is 5.91 Å². The maximum absolute atomic E-state index is 11.7. The number of benzene rings is 2. The van der Waals surface area contributed by atoms with E-state index >= 15 is 0 Å². The normalized spacial score (nSPS) is 10.5. The Morgan fingerprint density at radius 2 is 1.57 bits per heavy atom. The first-order chi connectivity index (χ1) is 10.2. The van der Waals surface area contributed by atoms with Crippen LogP contribution < -0.4 is 0 Å². The fourth-order valence-corrected chi connectivity index (χ4v) is 2.52. The van der Waals surface area contributed by atoms with E-state index in [9.17, 15) is 4.79 Å². The van der Waals surface area contributed by atoms with Gasteiger partial charge in [-0.25, -0.2) is 0 Å². The molecule has 4 nitrogen and oxygen atoms in total. The number of para-hydroxylation sites is 1. The van der Waals surface area contributed by atoms with Crippen molar-refractivity contribution in [1.82, 2.24) is 14.3 Å². The Kier molecular flexibility index (Phi) is 3.50. The number of nitrogens with zero attached hydrogens (tertiary/aromatic N) is 3. The van der Waals surface area contributed by atoms with Crippen LogP contribution in [0.5, 0.6) is 0 Å². The summed E-state index contributed by atoms with van der Waals surface area (Å²) in [4.78, 5) is 11.7. The highest BCUT2D eigenvalue weighted by Gasteiger charge is 2.15. The summed E-state index contributed by atoms with van der Waals surface area (Å²) in [5.41, 5.74) is 1.79. The molecule has 2 aromatic carbocycles. The van der Waals surface area contributed by atoms with Gasteiger partial charge in [0, 0.05) is 18.2 Å². The molecule has 0 saturated heterocycles. The topological polar surface area (TPSA) is 39.8 Å². The summed E-state index contributed by atoms with van der Waals surface area (Å²) in [5.74, 6) is 0.453. The van der Waals surface area contributed by atoms with Gasteiger partial charge in [0.1, 0.15) is 0 Å². The highest BCUT2D eigenvalue weighted by atomic mass is 32.1. The fourth-order valence-electron chi connectivity index (χ4n) is 2.16. The van der Waals surface area contributed by atoms with E-state index in [1.807, 2.05) is 65.2 Å². The first kappa shape index (κ1) is 13.5. The Bertz CT molecular complexity index is 835. The van der Waals surface area contributed by atoms with Gasteiger partial charge in [-0.1, -0.05) is 48.5 Å². The van der Waals surface area contributed by atoms with Gasteiger partial charge in [0.25, 0.3) is 0 Å². The van der Waals surface area contributed by atoms with Crippen molar-refractivity contribution in [3.8, 4) is 17.1 Å². The molecule has 0 N–H and O–H groups in total. The van der Waals surface area contributed by atoms with E-state index in [4.69, 9.17) is 12.2 Å². The summed E-state index contributed by atoms with van der Waals surface area (Å²) in [5, 5.41) is 4.38. The second-order valence-corrected chi connectivity index (χ2v) is 4.94. The van der Waals surface area contributed by atoms with Crippen molar-refractivity contribution in [3.05, 3.63) is 65.4 Å². The number of carbonyl (C=O) groups is 1. The zero-order chi connectivity index (χ0) is 14.8. The SMILES string of the molecule is CC(=O)n1nc(-c2ccccc2)n(-c2ccccc2)c1=S. The predicted octanol–water partition coefficient (Wildman–Crippen LogP) is 3.73. The van der Waals surface area contributed by atoms with Crippen LogP contribution in [0, 0.1) is 4.77 Å². The van der Waals surface area contributed by atoms with E-state index in [0.29, 0.717) is 10.6 Å². The predicted molar refractivity (Wildman–Crippen MR) is 84.1 cm³/mol. The average Bonchev–Trinajstić information content (AvgIpc) is 2.87. The van der Waals surface area contributed by atoms with E-state index in [1.54, 1.807) is 0 Å². The maximum atomic E-state index is 11.7. The van der Waals surface area contributed by atoms with Gasteiger partial charge >= 0.3 is 0 Å². The molecule has 104 valence electrons. The Hall–Kier alpha value is -2.53. The van der Waals surface area contributed by atoms with Crippen LogP contribution in [0.1, 0.15) is 11.7 Å². The third-order valence-electron chi connectivity index (χ3n) is 3.12. The molecular formula is C16H13N3OS. The van der Waals surface area contributed by atoms with Crippen LogP contribution >= 0.6 is 12.2 Å². The van der Waals surface area contributed by atoms with Gasteiger partial charge in [-0.15, -0.1) is 5.10 Å². The Morgan fingerprint density at radius 3 is 2.14 bits per heavy atom. The van der Waals surface area contributed by atoms with Gasteiger partial charge in [-0.3, -0.25) is 9.36 Å². The van der Waals surface area contributed by atoms with Crippen LogP contribution in [-0.4, -0.2) is 20.3 Å². The molecule has 1 heterocycles. The molecule has 0 spiro atoms. The number of aromatic nitrogens is 3. The minimum atomic E-state index is -0.202. The van der Waals surface area contributed by atoms with Gasteiger partial charge in [0.05, 0.1) is 0 Å². The molecule has 0 unspecified atom stereocenters. The number of carbonyl (C=O) groups excluding carboxylic acids is 1. The first-order valence-corrected chi connectivity index (χ1v) is 6.93. The van der Waals surface area contributed by atoms with Crippen LogP contribution in [-0.2, 0) is 0 Å². The van der Waals surface area contributed by atoms with Gasteiger partial charge < -0.3 is 0 Å². The van der Waals surface area contributed by atoms with E-state index in [1.165, 1.54) is 11.6 Å². The third-order valence-corrected chi connectivity index (χ3v) is 3.48. The zero-order valence-electron chi connectivity index (χ0n) is 11.4. The monoisotopic (exact) mass is 295 g/mol. The molecule has 0 aliphatic heterocycles. The van der Waals surface area contributed by atoms with Crippen molar-refractivity contribution in [2.75, 3.05) is 0 Å². The standard InChI is InChI=1S/C16H13N3OS/c1-12(20)19-16(21)18(14-10-6-3-7-11-14)15(17-19)13-8-4-2-5-9-13/h2-11H,1H3. The minimum absolute atomic E-state index is 0.202. The van der Waals surface area contributed by atoms with Gasteiger partial charge in [-0.2, -0.15) is 4.68 Å². The third kappa shape index (κ3) is 2.43. The molecule has 0 atom stereocenters. The molecule has 0 radical (unpaired) electrons. The van der Waals surface area contributed by atoms with Crippen LogP contribution in [0.3, 0.4) is 0 Å². The molecule has 0 amide bonds. The molecule has 3 aromatic rings. The molecule has 21 heavy (non-hydrogen) atoms. The summed E-state index contributed by atoms with van der Waals surface area (Å²) in [7, 11) is 0. The van der Waals surface area contributed by atoms with Crippen molar-refractivity contribution in [2.24, 2.45) is 0 Å². The second-order valence-electron chi connectivity index (χ2n) is 4.57. The van der Waals surface area contributed by atoms with Crippen LogP contribution in [0.4, 0.5) is 0 Å². The van der Waals surface area contributed by atoms with Gasteiger partial charge in [0.15, 0.2) is 5.82 Å². The summed E-state index contributed by atoms with van der Waals surface area (Å²) < 4.78 is 3.43. The zero-order valence-corrected chi connectivity index (χ0v) is 12.2. The van der Waals surface area contributed by atoms with Crippen LogP contribution in [0.2, 0.25) is 0 Å². The molecular weight excluding hydrogens is 282 g/mol. The van der Waals surface area contributed by atoms with E-state index in [0.717, 1.165) is 11.3 Å².